The van der Waals surface area contributed by atoms with Crippen LogP contribution in [-0.4, -0.2) is 24.1 Å². The molecule has 2 N–H and O–H groups in total. The number of nitrogens with two attached hydrogens (primary N) is 1. The molecule has 2 rings (SSSR count). The van der Waals surface area contributed by atoms with Gasteiger partial charge in [-0.25, -0.2) is 0 Å². The van der Waals surface area contributed by atoms with Crippen molar-refractivity contribution in [2.24, 2.45) is 5.73 Å². The number of halogens is 3. The summed E-state index contributed by atoms with van der Waals surface area (Å²) in [5, 5.41) is 11.0. The molecule has 0 amide bonds. The van der Waals surface area contributed by atoms with Crippen LogP contribution in [0, 0.1) is 10.1 Å². The normalized spacial score (nSPS) is 20.0. The summed E-state index contributed by atoms with van der Waals surface area (Å²) in [7, 11) is 0. The summed E-state index contributed by atoms with van der Waals surface area (Å²) in [5.74, 6) is 0. The van der Waals surface area contributed by atoms with E-state index >= 15 is 0 Å². The standard InChI is InChI=1S/C12H14F3N3O2/c13-12(14,15)8-3-4-10(11(6-8)18(19)20)17-5-1-2-9(16)7-17/h3-4,6,9H,1-2,5,7,16H2. The van der Waals surface area contributed by atoms with Crippen LogP contribution < -0.4 is 10.6 Å². The molecule has 8 heteroatoms. The van der Waals surface area contributed by atoms with E-state index in [9.17, 15) is 23.3 Å². The quantitative estimate of drug-likeness (QED) is 0.670. The lowest BCUT2D eigenvalue weighted by molar-refractivity contribution is -0.384. The van der Waals surface area contributed by atoms with Crippen LogP contribution >= 0.6 is 0 Å². The van der Waals surface area contributed by atoms with Gasteiger partial charge in [0.05, 0.1) is 10.5 Å². The molecule has 20 heavy (non-hydrogen) atoms. The third kappa shape index (κ3) is 3.01. The molecular formula is C12H14F3N3O2. The Morgan fingerprint density at radius 2 is 2.10 bits per heavy atom. The van der Waals surface area contributed by atoms with Gasteiger partial charge < -0.3 is 10.6 Å². The van der Waals surface area contributed by atoms with Crippen molar-refractivity contribution in [1.29, 1.82) is 0 Å². The number of nitrogens with zero attached hydrogens (tertiary/aromatic N) is 2. The molecule has 110 valence electrons. The largest absolute Gasteiger partial charge is 0.416 e. The molecular weight excluding hydrogens is 275 g/mol. The molecule has 5 nitrogen and oxygen atoms in total. The van der Waals surface area contributed by atoms with Crippen LogP contribution in [0.4, 0.5) is 24.5 Å². The Hall–Kier alpha value is -1.83. The highest BCUT2D eigenvalue weighted by atomic mass is 19.4. The number of anilines is 1. The van der Waals surface area contributed by atoms with Gasteiger partial charge in [-0.2, -0.15) is 13.2 Å². The van der Waals surface area contributed by atoms with Crippen LogP contribution in [0.5, 0.6) is 0 Å². The number of hydrogen-bond acceptors (Lipinski definition) is 4. The predicted molar refractivity (Wildman–Crippen MR) is 67.5 cm³/mol. The smallest absolute Gasteiger partial charge is 0.364 e. The van der Waals surface area contributed by atoms with Gasteiger partial charge in [-0.15, -0.1) is 0 Å². The van der Waals surface area contributed by atoms with Gasteiger partial charge in [0.15, 0.2) is 0 Å². The molecule has 1 heterocycles. The number of rotatable bonds is 2. The van der Waals surface area contributed by atoms with E-state index in [1.807, 2.05) is 0 Å². The number of hydrogen-bond donors (Lipinski definition) is 1. The second-order valence-corrected chi connectivity index (χ2v) is 4.81. The molecule has 1 saturated heterocycles. The lowest BCUT2D eigenvalue weighted by Gasteiger charge is -2.32. The lowest BCUT2D eigenvalue weighted by atomic mass is 10.0. The second-order valence-electron chi connectivity index (χ2n) is 4.81. The van der Waals surface area contributed by atoms with Gasteiger partial charge in [-0.05, 0) is 25.0 Å². The van der Waals surface area contributed by atoms with E-state index < -0.39 is 22.4 Å². The molecule has 0 radical (unpaired) electrons. The molecule has 1 aromatic carbocycles. The maximum atomic E-state index is 12.6. The van der Waals surface area contributed by atoms with Crippen molar-refractivity contribution < 1.29 is 18.1 Å². The Bertz CT molecular complexity index is 519. The lowest BCUT2D eigenvalue weighted by Crippen LogP contribution is -2.43. The number of piperidine rings is 1. The summed E-state index contributed by atoms with van der Waals surface area (Å²) >= 11 is 0. The zero-order chi connectivity index (χ0) is 14.9. The van der Waals surface area contributed by atoms with Crippen LogP contribution in [-0.2, 0) is 6.18 Å². The molecule has 1 atom stereocenters. The average Bonchev–Trinajstić information content (AvgIpc) is 2.37. The highest BCUT2D eigenvalue weighted by molar-refractivity contribution is 5.65. The third-order valence-corrected chi connectivity index (χ3v) is 3.30. The van der Waals surface area contributed by atoms with Crippen molar-refractivity contribution in [2.75, 3.05) is 18.0 Å². The highest BCUT2D eigenvalue weighted by Gasteiger charge is 2.34. The first kappa shape index (κ1) is 14.6. The number of alkyl halides is 3. The fraction of sp³-hybridized carbons (Fsp3) is 0.500. The van der Waals surface area contributed by atoms with Crippen LogP contribution in [0.15, 0.2) is 18.2 Å². The van der Waals surface area contributed by atoms with Crippen molar-refractivity contribution in [2.45, 2.75) is 25.1 Å². The van der Waals surface area contributed by atoms with Crippen molar-refractivity contribution in [3.05, 3.63) is 33.9 Å². The minimum Gasteiger partial charge on any atom is -0.364 e. The molecule has 0 aliphatic carbocycles. The maximum Gasteiger partial charge on any atom is 0.416 e. The summed E-state index contributed by atoms with van der Waals surface area (Å²) in [6.45, 7) is 0.964. The zero-order valence-corrected chi connectivity index (χ0v) is 10.6. The van der Waals surface area contributed by atoms with Gasteiger partial charge in [0, 0.05) is 25.2 Å². The fourth-order valence-electron chi connectivity index (χ4n) is 2.34. The Balaban J connectivity index is 2.40. The van der Waals surface area contributed by atoms with Gasteiger partial charge in [0.25, 0.3) is 5.69 Å². The van der Waals surface area contributed by atoms with Crippen LogP contribution in [0.25, 0.3) is 0 Å². The molecule has 0 bridgehead atoms. The summed E-state index contributed by atoms with van der Waals surface area (Å²) in [4.78, 5) is 11.9. The molecule has 1 fully saturated rings. The molecule has 1 aliphatic heterocycles. The number of nitro groups is 1. The van der Waals surface area contributed by atoms with Gasteiger partial charge >= 0.3 is 6.18 Å². The first-order chi connectivity index (χ1) is 9.29. The summed E-state index contributed by atoms with van der Waals surface area (Å²) in [5.41, 5.74) is 4.44. The molecule has 0 saturated carbocycles. The molecule has 0 spiro atoms. The molecule has 0 aromatic heterocycles. The highest BCUT2D eigenvalue weighted by Crippen LogP contribution is 2.37. The van der Waals surface area contributed by atoms with Crippen molar-refractivity contribution in [3.63, 3.8) is 0 Å². The van der Waals surface area contributed by atoms with Gasteiger partial charge in [0.1, 0.15) is 5.69 Å². The van der Waals surface area contributed by atoms with Crippen molar-refractivity contribution in [1.82, 2.24) is 0 Å². The van der Waals surface area contributed by atoms with Crippen LogP contribution in [0.2, 0.25) is 0 Å². The average molecular weight is 289 g/mol. The van der Waals surface area contributed by atoms with E-state index in [1.165, 1.54) is 0 Å². The van der Waals surface area contributed by atoms with Gasteiger partial charge in [-0.1, -0.05) is 0 Å². The van der Waals surface area contributed by atoms with E-state index in [4.69, 9.17) is 5.73 Å². The summed E-state index contributed by atoms with van der Waals surface area (Å²) in [6.07, 6.45) is -3.02. The maximum absolute atomic E-state index is 12.6. The van der Waals surface area contributed by atoms with E-state index in [0.29, 0.717) is 19.2 Å². The Morgan fingerprint density at radius 1 is 1.40 bits per heavy atom. The minimum absolute atomic E-state index is 0.120. The minimum atomic E-state index is -4.60. The van der Waals surface area contributed by atoms with E-state index in [2.05, 4.69) is 0 Å². The Morgan fingerprint density at radius 3 is 2.65 bits per heavy atom. The van der Waals surface area contributed by atoms with Gasteiger partial charge in [0.2, 0.25) is 0 Å². The fourth-order valence-corrected chi connectivity index (χ4v) is 2.34. The number of benzene rings is 1. The summed E-state index contributed by atoms with van der Waals surface area (Å²) in [6, 6.07) is 2.47. The first-order valence-corrected chi connectivity index (χ1v) is 6.15. The molecule has 1 aliphatic rings. The second kappa shape index (κ2) is 5.28. The molecule has 1 aromatic rings. The third-order valence-electron chi connectivity index (χ3n) is 3.30. The SMILES string of the molecule is NC1CCCN(c2ccc(C(F)(F)F)cc2[N+](=O)[O-])C1. The first-order valence-electron chi connectivity index (χ1n) is 6.15. The van der Waals surface area contributed by atoms with Crippen LogP contribution in [0.3, 0.4) is 0 Å². The van der Waals surface area contributed by atoms with E-state index in [0.717, 1.165) is 25.0 Å². The monoisotopic (exact) mass is 289 g/mol. The van der Waals surface area contributed by atoms with Crippen molar-refractivity contribution in [3.8, 4) is 0 Å². The predicted octanol–water partition coefficient (Wildman–Crippen LogP) is 2.54. The van der Waals surface area contributed by atoms with Gasteiger partial charge in [-0.3, -0.25) is 10.1 Å². The van der Waals surface area contributed by atoms with Crippen LogP contribution in [0.1, 0.15) is 18.4 Å². The van der Waals surface area contributed by atoms with E-state index in [-0.39, 0.29) is 11.7 Å². The zero-order valence-electron chi connectivity index (χ0n) is 10.6. The Kier molecular flexibility index (Phi) is 3.85. The molecule has 1 unspecified atom stereocenters. The van der Waals surface area contributed by atoms with E-state index in [1.54, 1.807) is 4.90 Å². The topological polar surface area (TPSA) is 72.4 Å². The summed E-state index contributed by atoms with van der Waals surface area (Å²) < 4.78 is 37.8. The number of nitro benzene ring substituents is 1. The van der Waals surface area contributed by atoms with Crippen molar-refractivity contribution >= 4 is 11.4 Å². The Labute approximate surface area is 113 Å².